The van der Waals surface area contributed by atoms with Crippen LogP contribution in [0.15, 0.2) is 30.6 Å². The molecule has 0 aliphatic heterocycles. The van der Waals surface area contributed by atoms with E-state index in [0.717, 1.165) is 12.2 Å². The van der Waals surface area contributed by atoms with E-state index in [9.17, 15) is 14.9 Å². The molecule has 1 aromatic carbocycles. The van der Waals surface area contributed by atoms with Crippen molar-refractivity contribution in [2.45, 2.75) is 46.1 Å². The Morgan fingerprint density at radius 1 is 1.40 bits per heavy atom. The summed E-state index contributed by atoms with van der Waals surface area (Å²) < 4.78 is 7.33. The van der Waals surface area contributed by atoms with Crippen LogP contribution in [-0.2, 0) is 17.7 Å². The number of aromatic nitrogens is 2. The number of nitro groups is 1. The average molecular weight is 345 g/mol. The number of esters is 1. The van der Waals surface area contributed by atoms with Crippen LogP contribution in [0.3, 0.4) is 0 Å². The first-order valence-corrected chi connectivity index (χ1v) is 8.39. The molecule has 0 atom stereocenters. The van der Waals surface area contributed by atoms with Gasteiger partial charge in [0, 0.05) is 30.4 Å². The Morgan fingerprint density at radius 2 is 2.16 bits per heavy atom. The van der Waals surface area contributed by atoms with E-state index in [4.69, 9.17) is 4.74 Å². The molecule has 0 saturated carbocycles. The minimum Gasteiger partial charge on any atom is -0.460 e. The smallest absolute Gasteiger partial charge is 0.338 e. The number of nitro benzene ring substituents is 1. The van der Waals surface area contributed by atoms with Crippen LogP contribution in [0.25, 0.3) is 0 Å². The maximum absolute atomic E-state index is 12.4. The van der Waals surface area contributed by atoms with Crippen molar-refractivity contribution < 1.29 is 14.5 Å². The highest BCUT2D eigenvalue weighted by molar-refractivity contribution is 5.91. The Kier molecular flexibility index (Phi) is 6.27. The zero-order chi connectivity index (χ0) is 18.4. The minimum absolute atomic E-state index is 0.0139. The average Bonchev–Trinajstić information content (AvgIpc) is 3.03. The SMILES string of the molecule is CCCc1cc([N+](=O)[O-])ccc1C(=O)OCCn1ccnc1C(C)C. The molecule has 0 aliphatic rings. The quantitative estimate of drug-likeness (QED) is 0.413. The Hall–Kier alpha value is -2.70. The van der Waals surface area contributed by atoms with Crippen LogP contribution >= 0.6 is 0 Å². The van der Waals surface area contributed by atoms with Crippen molar-refractivity contribution in [3.8, 4) is 0 Å². The number of carbonyl (C=O) groups excluding carboxylic acids is 1. The molecule has 0 spiro atoms. The number of rotatable bonds is 8. The van der Waals surface area contributed by atoms with E-state index in [1.807, 2.05) is 17.7 Å². The highest BCUT2D eigenvalue weighted by Gasteiger charge is 2.17. The van der Waals surface area contributed by atoms with E-state index >= 15 is 0 Å². The highest BCUT2D eigenvalue weighted by atomic mass is 16.6. The Balaban J connectivity index is 2.05. The van der Waals surface area contributed by atoms with Gasteiger partial charge in [-0.1, -0.05) is 27.2 Å². The third kappa shape index (κ3) is 4.65. The van der Waals surface area contributed by atoms with E-state index < -0.39 is 10.9 Å². The first kappa shape index (κ1) is 18.6. The van der Waals surface area contributed by atoms with Crippen molar-refractivity contribution in [3.05, 3.63) is 57.7 Å². The summed E-state index contributed by atoms with van der Waals surface area (Å²) in [5, 5.41) is 10.9. The second-order valence-electron chi connectivity index (χ2n) is 6.12. The number of ether oxygens (including phenoxy) is 1. The van der Waals surface area contributed by atoms with Crippen molar-refractivity contribution in [2.75, 3.05) is 6.61 Å². The van der Waals surface area contributed by atoms with Crippen molar-refractivity contribution in [1.29, 1.82) is 0 Å². The van der Waals surface area contributed by atoms with Gasteiger partial charge in [-0.3, -0.25) is 10.1 Å². The third-order valence-electron chi connectivity index (χ3n) is 3.87. The van der Waals surface area contributed by atoms with Crippen LogP contribution in [0.4, 0.5) is 5.69 Å². The minimum atomic E-state index is -0.458. The summed E-state index contributed by atoms with van der Waals surface area (Å²) in [7, 11) is 0. The zero-order valence-corrected chi connectivity index (χ0v) is 14.8. The summed E-state index contributed by atoms with van der Waals surface area (Å²) in [5.74, 6) is 0.777. The molecular formula is C18H23N3O4. The van der Waals surface area contributed by atoms with Gasteiger partial charge in [0.2, 0.25) is 0 Å². The number of carbonyl (C=O) groups is 1. The van der Waals surface area contributed by atoms with Crippen LogP contribution in [0.1, 0.15) is 54.9 Å². The molecule has 0 bridgehead atoms. The lowest BCUT2D eigenvalue weighted by atomic mass is 10.0. The maximum atomic E-state index is 12.4. The molecule has 1 aromatic heterocycles. The van der Waals surface area contributed by atoms with Crippen molar-refractivity contribution in [3.63, 3.8) is 0 Å². The highest BCUT2D eigenvalue weighted by Crippen LogP contribution is 2.20. The Morgan fingerprint density at radius 3 is 2.80 bits per heavy atom. The largest absolute Gasteiger partial charge is 0.460 e. The molecule has 0 radical (unpaired) electrons. The van der Waals surface area contributed by atoms with Crippen molar-refractivity contribution in [2.24, 2.45) is 0 Å². The predicted molar refractivity (Wildman–Crippen MR) is 93.7 cm³/mol. The van der Waals surface area contributed by atoms with Gasteiger partial charge in [0.25, 0.3) is 5.69 Å². The van der Waals surface area contributed by atoms with E-state index in [2.05, 4.69) is 18.8 Å². The topological polar surface area (TPSA) is 87.3 Å². The molecule has 134 valence electrons. The first-order valence-electron chi connectivity index (χ1n) is 8.39. The van der Waals surface area contributed by atoms with Gasteiger partial charge in [-0.25, -0.2) is 9.78 Å². The van der Waals surface area contributed by atoms with Gasteiger partial charge < -0.3 is 9.30 Å². The molecule has 2 aromatic rings. The van der Waals surface area contributed by atoms with E-state index in [0.29, 0.717) is 24.1 Å². The van der Waals surface area contributed by atoms with Gasteiger partial charge in [0.1, 0.15) is 12.4 Å². The second kappa shape index (κ2) is 8.41. The standard InChI is InChI=1S/C18H23N3O4/c1-4-5-14-12-15(21(23)24)6-7-16(14)18(22)25-11-10-20-9-8-19-17(20)13(2)3/h6-9,12-13H,4-5,10-11H2,1-3H3. The number of aryl methyl sites for hydroxylation is 1. The molecule has 0 saturated heterocycles. The Bertz CT molecular complexity index is 753. The monoisotopic (exact) mass is 345 g/mol. The molecule has 1 heterocycles. The fourth-order valence-corrected chi connectivity index (χ4v) is 2.69. The summed E-state index contributed by atoms with van der Waals surface area (Å²) in [6.07, 6.45) is 4.96. The van der Waals surface area contributed by atoms with Crippen molar-refractivity contribution in [1.82, 2.24) is 9.55 Å². The number of non-ortho nitro benzene ring substituents is 1. The van der Waals surface area contributed by atoms with Crippen LogP contribution in [0, 0.1) is 10.1 Å². The van der Waals surface area contributed by atoms with Gasteiger partial charge in [0.15, 0.2) is 0 Å². The molecular weight excluding hydrogens is 322 g/mol. The number of imidazole rings is 1. The summed E-state index contributed by atoms with van der Waals surface area (Å²) in [6.45, 7) is 6.81. The molecule has 0 fully saturated rings. The van der Waals surface area contributed by atoms with Gasteiger partial charge in [-0.05, 0) is 18.1 Å². The van der Waals surface area contributed by atoms with Crippen LogP contribution in [0.2, 0.25) is 0 Å². The molecule has 0 aliphatic carbocycles. The molecule has 0 unspecified atom stereocenters. The molecule has 7 nitrogen and oxygen atoms in total. The molecule has 2 rings (SSSR count). The second-order valence-corrected chi connectivity index (χ2v) is 6.12. The van der Waals surface area contributed by atoms with Gasteiger partial charge in [-0.15, -0.1) is 0 Å². The van der Waals surface area contributed by atoms with Crippen LogP contribution < -0.4 is 0 Å². The van der Waals surface area contributed by atoms with Gasteiger partial charge in [-0.2, -0.15) is 0 Å². The van der Waals surface area contributed by atoms with Gasteiger partial charge in [0.05, 0.1) is 17.0 Å². The number of hydrogen-bond donors (Lipinski definition) is 0. The van der Waals surface area contributed by atoms with E-state index in [-0.39, 0.29) is 18.2 Å². The predicted octanol–water partition coefficient (Wildman–Crippen LogP) is 3.72. The van der Waals surface area contributed by atoms with Crippen LogP contribution in [0.5, 0.6) is 0 Å². The third-order valence-corrected chi connectivity index (χ3v) is 3.87. The molecule has 25 heavy (non-hydrogen) atoms. The lowest BCUT2D eigenvalue weighted by molar-refractivity contribution is -0.384. The fourth-order valence-electron chi connectivity index (χ4n) is 2.69. The van der Waals surface area contributed by atoms with E-state index in [1.54, 1.807) is 6.20 Å². The maximum Gasteiger partial charge on any atom is 0.338 e. The molecule has 7 heteroatoms. The molecule has 0 N–H and O–H groups in total. The van der Waals surface area contributed by atoms with E-state index in [1.165, 1.54) is 18.2 Å². The normalized spacial score (nSPS) is 10.9. The Labute approximate surface area is 146 Å². The number of nitrogens with zero attached hydrogens (tertiary/aromatic N) is 3. The van der Waals surface area contributed by atoms with Crippen LogP contribution in [-0.4, -0.2) is 27.1 Å². The number of benzene rings is 1. The van der Waals surface area contributed by atoms with Crippen molar-refractivity contribution >= 4 is 11.7 Å². The molecule has 0 amide bonds. The lowest BCUT2D eigenvalue weighted by Crippen LogP contribution is -2.15. The summed E-state index contributed by atoms with van der Waals surface area (Å²) >= 11 is 0. The lowest BCUT2D eigenvalue weighted by Gasteiger charge is -2.12. The first-order chi connectivity index (χ1) is 11.9. The summed E-state index contributed by atoms with van der Waals surface area (Å²) in [6, 6.07) is 4.26. The zero-order valence-electron chi connectivity index (χ0n) is 14.8. The van der Waals surface area contributed by atoms with Gasteiger partial charge >= 0.3 is 5.97 Å². The summed E-state index contributed by atoms with van der Waals surface area (Å²) in [4.78, 5) is 27.1. The summed E-state index contributed by atoms with van der Waals surface area (Å²) in [5.41, 5.74) is 1.02. The fraction of sp³-hybridized carbons (Fsp3) is 0.444. The number of hydrogen-bond acceptors (Lipinski definition) is 5.